The van der Waals surface area contributed by atoms with Gasteiger partial charge < -0.3 is 10.1 Å². The molecule has 0 atom stereocenters. The molecule has 4 aromatic rings. The molecule has 0 spiro atoms. The van der Waals surface area contributed by atoms with E-state index in [1.807, 2.05) is 54.6 Å². The van der Waals surface area contributed by atoms with E-state index < -0.39 is 0 Å². The number of nitrogens with one attached hydrogen (secondary N) is 1. The molecule has 0 radical (unpaired) electrons. The number of para-hydroxylation sites is 2. The van der Waals surface area contributed by atoms with Crippen molar-refractivity contribution >= 4 is 44.7 Å². The van der Waals surface area contributed by atoms with Crippen molar-refractivity contribution in [2.45, 2.75) is 0 Å². The maximum absolute atomic E-state index is 12.0. The molecular formula is C21H15ClN2O2S. The van der Waals surface area contributed by atoms with E-state index in [0.29, 0.717) is 16.5 Å². The Morgan fingerprint density at radius 1 is 1.00 bits per heavy atom. The fourth-order valence-corrected chi connectivity index (χ4v) is 3.74. The highest BCUT2D eigenvalue weighted by atomic mass is 35.5. The monoisotopic (exact) mass is 394 g/mol. The van der Waals surface area contributed by atoms with Gasteiger partial charge in [-0.25, -0.2) is 4.98 Å². The van der Waals surface area contributed by atoms with Crippen LogP contribution in [0.3, 0.4) is 0 Å². The van der Waals surface area contributed by atoms with Crippen molar-refractivity contribution in [2.24, 2.45) is 0 Å². The van der Waals surface area contributed by atoms with Gasteiger partial charge in [-0.1, -0.05) is 35.9 Å². The van der Waals surface area contributed by atoms with Gasteiger partial charge in [0.15, 0.2) is 6.61 Å². The van der Waals surface area contributed by atoms with Crippen molar-refractivity contribution in [3.05, 3.63) is 77.8 Å². The first-order valence-electron chi connectivity index (χ1n) is 8.32. The lowest BCUT2D eigenvalue weighted by molar-refractivity contribution is -0.118. The van der Waals surface area contributed by atoms with E-state index in [1.54, 1.807) is 23.5 Å². The lowest BCUT2D eigenvalue weighted by Gasteiger charge is -2.09. The van der Waals surface area contributed by atoms with Crippen LogP contribution in [-0.2, 0) is 4.79 Å². The number of fused-ring (bicyclic) bond motifs is 1. The smallest absolute Gasteiger partial charge is 0.262 e. The predicted molar refractivity (Wildman–Crippen MR) is 111 cm³/mol. The molecule has 0 saturated carbocycles. The number of rotatable bonds is 5. The van der Waals surface area contributed by atoms with E-state index in [9.17, 15) is 4.79 Å². The van der Waals surface area contributed by atoms with Gasteiger partial charge in [-0.05, 0) is 48.5 Å². The van der Waals surface area contributed by atoms with Gasteiger partial charge in [0.2, 0.25) is 0 Å². The average Bonchev–Trinajstić information content (AvgIpc) is 3.13. The number of aromatic nitrogens is 1. The normalized spacial score (nSPS) is 10.7. The summed E-state index contributed by atoms with van der Waals surface area (Å²) in [6.45, 7) is -0.0916. The van der Waals surface area contributed by atoms with Crippen molar-refractivity contribution < 1.29 is 9.53 Å². The van der Waals surface area contributed by atoms with E-state index in [0.717, 1.165) is 20.8 Å². The summed E-state index contributed by atoms with van der Waals surface area (Å²) in [4.78, 5) is 16.7. The first kappa shape index (κ1) is 17.5. The summed E-state index contributed by atoms with van der Waals surface area (Å²) >= 11 is 7.68. The van der Waals surface area contributed by atoms with E-state index >= 15 is 0 Å². The molecule has 1 heterocycles. The highest BCUT2D eigenvalue weighted by Gasteiger charge is 2.08. The van der Waals surface area contributed by atoms with Crippen molar-refractivity contribution in [3.8, 4) is 16.3 Å². The summed E-state index contributed by atoms with van der Waals surface area (Å²) in [5.41, 5.74) is 2.58. The Balaban J connectivity index is 1.39. The molecule has 0 bridgehead atoms. The molecule has 3 aromatic carbocycles. The molecule has 0 aliphatic rings. The molecule has 1 amide bonds. The topological polar surface area (TPSA) is 51.2 Å². The number of hydrogen-bond acceptors (Lipinski definition) is 4. The largest absolute Gasteiger partial charge is 0.484 e. The van der Waals surface area contributed by atoms with Gasteiger partial charge >= 0.3 is 0 Å². The molecule has 134 valence electrons. The zero-order valence-corrected chi connectivity index (χ0v) is 15.8. The van der Waals surface area contributed by atoms with Crippen LogP contribution in [-0.4, -0.2) is 17.5 Å². The number of nitrogens with zero attached hydrogens (tertiary/aromatic N) is 1. The van der Waals surface area contributed by atoms with Crippen LogP contribution >= 0.6 is 22.9 Å². The van der Waals surface area contributed by atoms with Gasteiger partial charge in [0, 0.05) is 5.56 Å². The van der Waals surface area contributed by atoms with E-state index in [-0.39, 0.29) is 12.5 Å². The summed E-state index contributed by atoms with van der Waals surface area (Å²) in [7, 11) is 0. The van der Waals surface area contributed by atoms with Gasteiger partial charge in [0.25, 0.3) is 5.91 Å². The van der Waals surface area contributed by atoms with Crippen LogP contribution in [0, 0.1) is 0 Å². The van der Waals surface area contributed by atoms with Crippen molar-refractivity contribution in [1.29, 1.82) is 0 Å². The van der Waals surface area contributed by atoms with E-state index in [1.165, 1.54) is 0 Å². The summed E-state index contributed by atoms with van der Waals surface area (Å²) in [5.74, 6) is 0.354. The molecule has 0 unspecified atom stereocenters. The fraction of sp³-hybridized carbons (Fsp3) is 0.0476. The number of carbonyl (C=O) groups excluding carboxylic acids is 1. The van der Waals surface area contributed by atoms with Crippen LogP contribution in [0.15, 0.2) is 72.8 Å². The number of amides is 1. The standard InChI is InChI=1S/C21H15ClN2O2S/c22-16-5-1-2-6-17(16)23-20(25)13-26-15-11-9-14(10-12-15)21-24-18-7-3-4-8-19(18)27-21/h1-12H,13H2,(H,23,25). The minimum absolute atomic E-state index is 0.0916. The molecule has 0 fully saturated rings. The number of halogens is 1. The van der Waals surface area contributed by atoms with Crippen molar-refractivity contribution in [3.63, 3.8) is 0 Å². The van der Waals surface area contributed by atoms with Crippen LogP contribution in [0.25, 0.3) is 20.8 Å². The fourth-order valence-electron chi connectivity index (χ4n) is 2.59. The Hall–Kier alpha value is -2.89. The Labute approximate surface area is 165 Å². The van der Waals surface area contributed by atoms with Gasteiger partial charge in [-0.15, -0.1) is 11.3 Å². The van der Waals surface area contributed by atoms with Crippen molar-refractivity contribution in [2.75, 3.05) is 11.9 Å². The highest BCUT2D eigenvalue weighted by Crippen LogP contribution is 2.30. The van der Waals surface area contributed by atoms with Gasteiger partial charge in [-0.2, -0.15) is 0 Å². The Kier molecular flexibility index (Phi) is 5.05. The molecule has 27 heavy (non-hydrogen) atoms. The number of benzene rings is 3. The molecule has 1 N–H and O–H groups in total. The molecule has 4 nitrogen and oxygen atoms in total. The summed E-state index contributed by atoms with van der Waals surface area (Å²) < 4.78 is 6.71. The number of anilines is 1. The lowest BCUT2D eigenvalue weighted by Crippen LogP contribution is -2.20. The second kappa shape index (κ2) is 7.78. The first-order chi connectivity index (χ1) is 13.2. The predicted octanol–water partition coefficient (Wildman–Crippen LogP) is 5.63. The van der Waals surface area contributed by atoms with E-state index in [4.69, 9.17) is 16.3 Å². The Bertz CT molecular complexity index is 1060. The van der Waals surface area contributed by atoms with Crippen LogP contribution < -0.4 is 10.1 Å². The third kappa shape index (κ3) is 4.10. The number of thiazole rings is 1. The quantitative estimate of drug-likeness (QED) is 0.477. The van der Waals surface area contributed by atoms with Crippen LogP contribution in [0.4, 0.5) is 5.69 Å². The highest BCUT2D eigenvalue weighted by molar-refractivity contribution is 7.21. The average molecular weight is 395 g/mol. The summed E-state index contributed by atoms with van der Waals surface area (Å²) in [6.07, 6.45) is 0. The SMILES string of the molecule is O=C(COc1ccc(-c2nc3ccccc3s2)cc1)Nc1ccccc1Cl. The minimum Gasteiger partial charge on any atom is -0.484 e. The number of carbonyl (C=O) groups is 1. The van der Waals surface area contributed by atoms with E-state index in [2.05, 4.69) is 16.4 Å². The molecule has 0 aliphatic heterocycles. The minimum atomic E-state index is -0.265. The summed E-state index contributed by atoms with van der Waals surface area (Å²) in [6, 6.07) is 22.7. The number of ether oxygens (including phenoxy) is 1. The lowest BCUT2D eigenvalue weighted by atomic mass is 10.2. The van der Waals surface area contributed by atoms with Crippen LogP contribution in [0.2, 0.25) is 5.02 Å². The molecule has 4 rings (SSSR count). The molecule has 0 saturated heterocycles. The second-order valence-electron chi connectivity index (χ2n) is 5.83. The third-order valence-electron chi connectivity index (χ3n) is 3.91. The third-order valence-corrected chi connectivity index (χ3v) is 5.33. The zero-order valence-electron chi connectivity index (χ0n) is 14.2. The van der Waals surface area contributed by atoms with Crippen molar-refractivity contribution in [1.82, 2.24) is 4.98 Å². The van der Waals surface area contributed by atoms with Crippen LogP contribution in [0.5, 0.6) is 5.75 Å². The zero-order chi connectivity index (χ0) is 18.6. The van der Waals surface area contributed by atoms with Gasteiger partial charge in [0.1, 0.15) is 10.8 Å². The first-order valence-corrected chi connectivity index (χ1v) is 9.52. The molecule has 6 heteroatoms. The summed E-state index contributed by atoms with van der Waals surface area (Å²) in [5, 5.41) is 4.18. The molecular weight excluding hydrogens is 380 g/mol. The maximum Gasteiger partial charge on any atom is 0.262 e. The van der Waals surface area contributed by atoms with Crippen LogP contribution in [0.1, 0.15) is 0 Å². The van der Waals surface area contributed by atoms with Gasteiger partial charge in [-0.3, -0.25) is 4.79 Å². The second-order valence-corrected chi connectivity index (χ2v) is 7.27. The Morgan fingerprint density at radius 2 is 1.74 bits per heavy atom. The molecule has 1 aromatic heterocycles. The van der Waals surface area contributed by atoms with Gasteiger partial charge in [0.05, 0.1) is 20.9 Å². The Morgan fingerprint density at radius 3 is 2.52 bits per heavy atom. The molecule has 0 aliphatic carbocycles. The maximum atomic E-state index is 12.0. The number of hydrogen-bond donors (Lipinski definition) is 1.